The third kappa shape index (κ3) is 5.07. The van der Waals surface area contributed by atoms with Crippen LogP contribution in [0.1, 0.15) is 13.8 Å². The van der Waals surface area contributed by atoms with E-state index in [2.05, 4.69) is 15.6 Å². The van der Waals surface area contributed by atoms with Crippen LogP contribution >= 0.6 is 0 Å². The van der Waals surface area contributed by atoms with Crippen molar-refractivity contribution >= 4 is 17.8 Å². The summed E-state index contributed by atoms with van der Waals surface area (Å²) in [5.74, 6) is -0.358. The zero-order valence-corrected chi connectivity index (χ0v) is 6.76. The Morgan fingerprint density at radius 2 is 1.45 bits per heavy atom. The number of carbonyl (C=O) groups is 2. The molecule has 62 valence electrons. The summed E-state index contributed by atoms with van der Waals surface area (Å²) in [6.07, 6.45) is 0. The number of nitrogens with zero attached hydrogens (tertiary/aromatic N) is 1. The minimum atomic E-state index is -0.264. The predicted octanol–water partition coefficient (Wildman–Crippen LogP) is -0.756. The van der Waals surface area contributed by atoms with Gasteiger partial charge in [-0.25, -0.2) is 0 Å². The van der Waals surface area contributed by atoms with Crippen molar-refractivity contribution in [1.82, 2.24) is 10.6 Å². The fraction of sp³-hybridized carbons (Fsp3) is 0.500. The topological polar surface area (TPSA) is 70.6 Å². The van der Waals surface area contributed by atoms with Crippen LogP contribution in [0.25, 0.3) is 0 Å². The van der Waals surface area contributed by atoms with Crippen molar-refractivity contribution in [3.05, 3.63) is 0 Å². The van der Waals surface area contributed by atoms with E-state index in [9.17, 15) is 9.59 Å². The minimum Gasteiger partial charge on any atom is -0.297 e. The molecule has 5 heteroatoms. The molecule has 0 unspecified atom stereocenters. The maximum absolute atomic E-state index is 10.5. The maximum atomic E-state index is 10.5. The van der Waals surface area contributed by atoms with Crippen LogP contribution in [0, 0.1) is 0 Å². The number of nitrogens with one attached hydrogen (secondary N) is 2. The fourth-order valence-corrected chi connectivity index (χ4v) is 0.477. The van der Waals surface area contributed by atoms with Gasteiger partial charge in [-0.3, -0.25) is 25.2 Å². The Morgan fingerprint density at radius 3 is 1.64 bits per heavy atom. The number of rotatable bonds is 0. The molecule has 0 spiro atoms. The standard InChI is InChI=1S/C6H11N3O2/c1-4(10)8-6(7-3)9-5(2)11/h1-3H3,(H2,7,8,9,10,11). The Morgan fingerprint density at radius 1 is 1.09 bits per heavy atom. The van der Waals surface area contributed by atoms with E-state index in [-0.39, 0.29) is 17.8 Å². The molecule has 0 heterocycles. The molecule has 0 aliphatic carbocycles. The highest BCUT2D eigenvalue weighted by Gasteiger charge is 2.00. The van der Waals surface area contributed by atoms with Crippen LogP contribution in [-0.4, -0.2) is 24.8 Å². The smallest absolute Gasteiger partial charge is 0.223 e. The molecular formula is C6H11N3O2. The Kier molecular flexibility index (Phi) is 3.87. The first-order valence-electron chi connectivity index (χ1n) is 3.08. The first kappa shape index (κ1) is 9.61. The number of amides is 2. The normalized spacial score (nSPS) is 8.27. The molecule has 0 bridgehead atoms. The summed E-state index contributed by atoms with van der Waals surface area (Å²) in [6, 6.07) is 0. The number of hydrogen-bond acceptors (Lipinski definition) is 3. The van der Waals surface area contributed by atoms with E-state index in [4.69, 9.17) is 0 Å². The van der Waals surface area contributed by atoms with Crippen molar-refractivity contribution in [2.75, 3.05) is 7.05 Å². The van der Waals surface area contributed by atoms with Gasteiger partial charge in [-0.05, 0) is 0 Å². The summed E-state index contributed by atoms with van der Waals surface area (Å²) in [6.45, 7) is 2.68. The van der Waals surface area contributed by atoms with E-state index in [1.807, 2.05) is 0 Å². The summed E-state index contributed by atoms with van der Waals surface area (Å²) < 4.78 is 0. The van der Waals surface area contributed by atoms with Crippen LogP contribution in [0.5, 0.6) is 0 Å². The number of guanidine groups is 1. The molecule has 0 aliphatic heterocycles. The second-order valence-electron chi connectivity index (χ2n) is 1.93. The van der Waals surface area contributed by atoms with Crippen molar-refractivity contribution in [3.8, 4) is 0 Å². The molecule has 0 rings (SSSR count). The summed E-state index contributed by atoms with van der Waals surface area (Å²) in [4.78, 5) is 24.5. The number of hydrogen-bond donors (Lipinski definition) is 2. The highest BCUT2D eigenvalue weighted by Crippen LogP contribution is 1.68. The largest absolute Gasteiger partial charge is 0.297 e. The van der Waals surface area contributed by atoms with Gasteiger partial charge in [0.15, 0.2) is 0 Å². The molecule has 0 fully saturated rings. The average Bonchev–Trinajstić information content (AvgIpc) is 1.84. The first-order chi connectivity index (χ1) is 5.06. The summed E-state index contributed by atoms with van der Waals surface area (Å²) >= 11 is 0. The Hall–Kier alpha value is -1.39. The third-order valence-corrected chi connectivity index (χ3v) is 0.812. The molecular weight excluding hydrogens is 146 g/mol. The van der Waals surface area contributed by atoms with Crippen molar-refractivity contribution in [2.24, 2.45) is 4.99 Å². The van der Waals surface area contributed by atoms with E-state index in [0.29, 0.717) is 0 Å². The molecule has 0 saturated carbocycles. The first-order valence-corrected chi connectivity index (χ1v) is 3.08. The van der Waals surface area contributed by atoms with Gasteiger partial charge in [0, 0.05) is 20.9 Å². The molecule has 2 amide bonds. The van der Waals surface area contributed by atoms with Crippen molar-refractivity contribution in [3.63, 3.8) is 0 Å². The quantitative estimate of drug-likeness (QED) is 0.358. The van der Waals surface area contributed by atoms with Gasteiger partial charge in [0.25, 0.3) is 0 Å². The van der Waals surface area contributed by atoms with Gasteiger partial charge in [0.2, 0.25) is 17.8 Å². The van der Waals surface area contributed by atoms with E-state index < -0.39 is 0 Å². The molecule has 0 radical (unpaired) electrons. The van der Waals surface area contributed by atoms with E-state index in [0.717, 1.165) is 0 Å². The summed E-state index contributed by atoms with van der Waals surface area (Å²) in [7, 11) is 1.47. The van der Waals surface area contributed by atoms with Crippen LogP contribution < -0.4 is 10.6 Å². The SMILES string of the molecule is CN=C(NC(C)=O)NC(C)=O. The highest BCUT2D eigenvalue weighted by atomic mass is 16.2. The minimum absolute atomic E-state index is 0.171. The zero-order valence-electron chi connectivity index (χ0n) is 6.76. The van der Waals surface area contributed by atoms with Crippen LogP contribution in [-0.2, 0) is 9.59 Å². The lowest BCUT2D eigenvalue weighted by atomic mass is 10.6. The van der Waals surface area contributed by atoms with Gasteiger partial charge in [-0.1, -0.05) is 0 Å². The molecule has 5 nitrogen and oxygen atoms in total. The highest BCUT2D eigenvalue weighted by molar-refractivity contribution is 6.03. The van der Waals surface area contributed by atoms with Gasteiger partial charge in [0.1, 0.15) is 0 Å². The van der Waals surface area contributed by atoms with Crippen LogP contribution in [0.4, 0.5) is 0 Å². The second-order valence-corrected chi connectivity index (χ2v) is 1.93. The predicted molar refractivity (Wildman–Crippen MR) is 41.0 cm³/mol. The zero-order chi connectivity index (χ0) is 8.85. The van der Waals surface area contributed by atoms with Gasteiger partial charge in [-0.15, -0.1) is 0 Å². The Labute approximate surface area is 64.9 Å². The molecule has 0 saturated heterocycles. The molecule has 2 N–H and O–H groups in total. The van der Waals surface area contributed by atoms with Crippen LogP contribution in [0.15, 0.2) is 4.99 Å². The van der Waals surface area contributed by atoms with Crippen molar-refractivity contribution < 1.29 is 9.59 Å². The fourth-order valence-electron chi connectivity index (χ4n) is 0.477. The van der Waals surface area contributed by atoms with Gasteiger partial charge < -0.3 is 0 Å². The monoisotopic (exact) mass is 157 g/mol. The lowest BCUT2D eigenvalue weighted by Crippen LogP contribution is -2.41. The maximum Gasteiger partial charge on any atom is 0.223 e. The van der Waals surface area contributed by atoms with Gasteiger partial charge in [-0.2, -0.15) is 0 Å². The Balaban J connectivity index is 3.99. The number of carbonyl (C=O) groups excluding carboxylic acids is 2. The summed E-state index contributed by atoms with van der Waals surface area (Å²) in [5, 5.41) is 4.68. The van der Waals surface area contributed by atoms with Crippen molar-refractivity contribution in [1.29, 1.82) is 0 Å². The van der Waals surface area contributed by atoms with Gasteiger partial charge in [0.05, 0.1) is 0 Å². The van der Waals surface area contributed by atoms with Crippen LogP contribution in [0.2, 0.25) is 0 Å². The van der Waals surface area contributed by atoms with E-state index >= 15 is 0 Å². The molecule has 11 heavy (non-hydrogen) atoms. The molecule has 0 aromatic heterocycles. The molecule has 0 aromatic rings. The lowest BCUT2D eigenvalue weighted by molar-refractivity contribution is -0.117. The van der Waals surface area contributed by atoms with Crippen LogP contribution in [0.3, 0.4) is 0 Å². The molecule has 0 atom stereocenters. The van der Waals surface area contributed by atoms with E-state index in [1.165, 1.54) is 20.9 Å². The summed E-state index contributed by atoms with van der Waals surface area (Å²) in [5.41, 5.74) is 0. The third-order valence-electron chi connectivity index (χ3n) is 0.812. The molecule has 0 aromatic carbocycles. The Bertz CT molecular complexity index is 180. The second kappa shape index (κ2) is 4.43. The lowest BCUT2D eigenvalue weighted by Gasteiger charge is -2.04. The van der Waals surface area contributed by atoms with E-state index in [1.54, 1.807) is 0 Å². The van der Waals surface area contributed by atoms with Crippen molar-refractivity contribution in [2.45, 2.75) is 13.8 Å². The average molecular weight is 157 g/mol. The number of aliphatic imine (C=N–C) groups is 1. The molecule has 0 aliphatic rings. The van der Waals surface area contributed by atoms with Gasteiger partial charge >= 0.3 is 0 Å².